The van der Waals surface area contributed by atoms with Crippen LogP contribution in [0, 0.1) is 15.9 Å². The Bertz CT molecular complexity index is 708. The summed E-state index contributed by atoms with van der Waals surface area (Å²) in [5.74, 6) is -0.391. The minimum Gasteiger partial charge on any atom is -0.326 e. The Labute approximate surface area is 133 Å². The monoisotopic (exact) mass is 315 g/mol. The molecule has 2 aromatic carbocycles. The molecule has 0 amide bonds. The van der Waals surface area contributed by atoms with Gasteiger partial charge in [-0.25, -0.2) is 4.39 Å². The van der Waals surface area contributed by atoms with Gasteiger partial charge in [0.1, 0.15) is 5.82 Å². The average Bonchev–Trinajstić information content (AvgIpc) is 2.90. The molecule has 1 saturated heterocycles. The summed E-state index contributed by atoms with van der Waals surface area (Å²) >= 11 is 0. The molecule has 0 bridgehead atoms. The lowest BCUT2D eigenvalue weighted by Gasteiger charge is -2.16. The van der Waals surface area contributed by atoms with Gasteiger partial charge in [-0.15, -0.1) is 0 Å². The van der Waals surface area contributed by atoms with E-state index >= 15 is 0 Å². The Kier molecular flexibility index (Phi) is 4.36. The molecule has 0 aromatic heterocycles. The van der Waals surface area contributed by atoms with Crippen molar-refractivity contribution in [1.29, 1.82) is 0 Å². The largest absolute Gasteiger partial charge is 0.326 e. The number of halogens is 1. The van der Waals surface area contributed by atoms with Crippen molar-refractivity contribution in [3.63, 3.8) is 0 Å². The summed E-state index contributed by atoms with van der Waals surface area (Å²) in [4.78, 5) is 12.5. The normalized spacial score (nSPS) is 21.5. The zero-order valence-electron chi connectivity index (χ0n) is 12.6. The van der Waals surface area contributed by atoms with Crippen molar-refractivity contribution >= 4 is 5.69 Å². The standard InChI is InChI=1S/C17H18FN3O2/c18-15-7-4-8-17(21(22)23)14(15)10-20-9-13(16(19)11-20)12-5-2-1-3-6-12/h1-8,13,16H,9-11,19H2/t13-,16+/m0/s1. The van der Waals surface area contributed by atoms with Gasteiger partial charge in [-0.05, 0) is 11.6 Å². The van der Waals surface area contributed by atoms with Crippen LogP contribution in [-0.4, -0.2) is 29.0 Å². The van der Waals surface area contributed by atoms with Crippen molar-refractivity contribution in [2.24, 2.45) is 5.73 Å². The fraction of sp³-hybridized carbons (Fsp3) is 0.294. The number of benzene rings is 2. The summed E-state index contributed by atoms with van der Waals surface area (Å²) in [5.41, 5.74) is 7.31. The molecule has 1 aliphatic heterocycles. The van der Waals surface area contributed by atoms with Crippen molar-refractivity contribution in [2.45, 2.75) is 18.5 Å². The summed E-state index contributed by atoms with van der Waals surface area (Å²) in [5, 5.41) is 11.1. The van der Waals surface area contributed by atoms with Crippen molar-refractivity contribution < 1.29 is 9.31 Å². The van der Waals surface area contributed by atoms with Crippen LogP contribution in [0.5, 0.6) is 0 Å². The van der Waals surface area contributed by atoms with Crippen molar-refractivity contribution in [2.75, 3.05) is 13.1 Å². The Morgan fingerprint density at radius 1 is 1.17 bits per heavy atom. The fourth-order valence-electron chi connectivity index (χ4n) is 3.19. The van der Waals surface area contributed by atoms with Crippen LogP contribution >= 0.6 is 0 Å². The number of nitro groups is 1. The molecule has 1 fully saturated rings. The Morgan fingerprint density at radius 3 is 2.61 bits per heavy atom. The highest BCUT2D eigenvalue weighted by Crippen LogP contribution is 2.30. The predicted molar refractivity (Wildman–Crippen MR) is 85.5 cm³/mol. The maximum Gasteiger partial charge on any atom is 0.276 e. The van der Waals surface area contributed by atoms with Crippen LogP contribution in [0.2, 0.25) is 0 Å². The maximum atomic E-state index is 14.0. The number of hydrogen-bond donors (Lipinski definition) is 1. The summed E-state index contributed by atoms with van der Waals surface area (Å²) in [6.45, 7) is 1.45. The van der Waals surface area contributed by atoms with Crippen LogP contribution in [0.3, 0.4) is 0 Å². The Hall–Kier alpha value is -2.31. The molecule has 2 aromatic rings. The van der Waals surface area contributed by atoms with Crippen molar-refractivity contribution in [3.8, 4) is 0 Å². The van der Waals surface area contributed by atoms with Gasteiger partial charge in [0.25, 0.3) is 5.69 Å². The molecule has 5 nitrogen and oxygen atoms in total. The molecule has 1 heterocycles. The average molecular weight is 315 g/mol. The van der Waals surface area contributed by atoms with E-state index in [1.165, 1.54) is 18.2 Å². The van der Waals surface area contributed by atoms with Crippen LogP contribution in [0.25, 0.3) is 0 Å². The third kappa shape index (κ3) is 3.23. The molecule has 0 saturated carbocycles. The van der Waals surface area contributed by atoms with Crippen LogP contribution in [0.4, 0.5) is 10.1 Å². The second kappa shape index (κ2) is 6.44. The first kappa shape index (κ1) is 15.6. The third-order valence-corrected chi connectivity index (χ3v) is 4.34. The molecule has 2 atom stereocenters. The first-order valence-corrected chi connectivity index (χ1v) is 7.51. The van der Waals surface area contributed by atoms with E-state index in [2.05, 4.69) is 0 Å². The van der Waals surface area contributed by atoms with Crippen molar-refractivity contribution in [1.82, 2.24) is 4.90 Å². The fourth-order valence-corrected chi connectivity index (χ4v) is 3.19. The van der Waals surface area contributed by atoms with Gasteiger partial charge < -0.3 is 5.73 Å². The van der Waals surface area contributed by atoms with Gasteiger partial charge in [0.05, 0.1) is 10.5 Å². The molecule has 0 radical (unpaired) electrons. The number of hydrogen-bond acceptors (Lipinski definition) is 4. The molecular formula is C17H18FN3O2. The van der Waals surface area contributed by atoms with Gasteiger partial charge in [0.2, 0.25) is 0 Å². The number of likely N-dealkylation sites (tertiary alicyclic amines) is 1. The van der Waals surface area contributed by atoms with Crippen LogP contribution in [-0.2, 0) is 6.54 Å². The van der Waals surface area contributed by atoms with E-state index in [4.69, 9.17) is 5.73 Å². The van der Waals surface area contributed by atoms with Crippen molar-refractivity contribution in [3.05, 3.63) is 75.6 Å². The Balaban J connectivity index is 1.79. The molecule has 23 heavy (non-hydrogen) atoms. The zero-order valence-corrected chi connectivity index (χ0v) is 12.6. The highest BCUT2D eigenvalue weighted by molar-refractivity contribution is 5.41. The third-order valence-electron chi connectivity index (χ3n) is 4.34. The van der Waals surface area contributed by atoms with Gasteiger partial charge in [0, 0.05) is 37.7 Å². The second-order valence-electron chi connectivity index (χ2n) is 5.87. The minimum absolute atomic E-state index is 0.0665. The molecule has 1 aliphatic rings. The number of nitrogens with two attached hydrogens (primary N) is 1. The van der Waals surface area contributed by atoms with Crippen LogP contribution in [0.1, 0.15) is 17.0 Å². The van der Waals surface area contributed by atoms with Gasteiger partial charge in [-0.1, -0.05) is 36.4 Å². The zero-order chi connectivity index (χ0) is 16.4. The molecule has 6 heteroatoms. The van der Waals surface area contributed by atoms with Gasteiger partial charge >= 0.3 is 0 Å². The maximum absolute atomic E-state index is 14.0. The molecule has 0 unspecified atom stereocenters. The number of nitrogens with zero attached hydrogens (tertiary/aromatic N) is 2. The van der Waals surface area contributed by atoms with E-state index in [1.54, 1.807) is 0 Å². The highest BCUT2D eigenvalue weighted by Gasteiger charge is 2.32. The lowest BCUT2D eigenvalue weighted by molar-refractivity contribution is -0.385. The lowest BCUT2D eigenvalue weighted by atomic mass is 9.95. The van der Waals surface area contributed by atoms with E-state index in [9.17, 15) is 14.5 Å². The van der Waals surface area contributed by atoms with E-state index < -0.39 is 10.7 Å². The molecule has 120 valence electrons. The Morgan fingerprint density at radius 2 is 1.91 bits per heavy atom. The van der Waals surface area contributed by atoms with Gasteiger partial charge in [-0.3, -0.25) is 15.0 Å². The first-order chi connectivity index (χ1) is 11.1. The smallest absolute Gasteiger partial charge is 0.276 e. The topological polar surface area (TPSA) is 72.4 Å². The summed E-state index contributed by atoms with van der Waals surface area (Å²) in [7, 11) is 0. The quantitative estimate of drug-likeness (QED) is 0.695. The van der Waals surface area contributed by atoms with Crippen LogP contribution in [0.15, 0.2) is 48.5 Å². The summed E-state index contributed by atoms with van der Waals surface area (Å²) < 4.78 is 14.0. The second-order valence-corrected chi connectivity index (χ2v) is 5.87. The first-order valence-electron chi connectivity index (χ1n) is 7.51. The molecule has 0 aliphatic carbocycles. The van der Waals surface area contributed by atoms with Gasteiger partial charge in [-0.2, -0.15) is 0 Å². The number of nitro benzene ring substituents is 1. The van der Waals surface area contributed by atoms with Crippen LogP contribution < -0.4 is 5.73 Å². The van der Waals surface area contributed by atoms with E-state index in [0.717, 1.165) is 5.56 Å². The molecule has 0 spiro atoms. The predicted octanol–water partition coefficient (Wildman–Crippen LogP) is 2.66. The number of rotatable bonds is 4. The summed E-state index contributed by atoms with van der Waals surface area (Å²) in [6.07, 6.45) is 0. The summed E-state index contributed by atoms with van der Waals surface area (Å²) in [6, 6.07) is 13.8. The highest BCUT2D eigenvalue weighted by atomic mass is 19.1. The van der Waals surface area contributed by atoms with E-state index in [0.29, 0.717) is 13.1 Å². The molecule has 2 N–H and O–H groups in total. The molecule has 3 rings (SSSR count). The van der Waals surface area contributed by atoms with Gasteiger partial charge in [0.15, 0.2) is 0 Å². The minimum atomic E-state index is -0.545. The van der Waals surface area contributed by atoms with E-state index in [-0.39, 0.29) is 29.8 Å². The SMILES string of the molecule is N[C@@H]1CN(Cc2c(F)cccc2[N+](=O)[O-])C[C@H]1c1ccccc1. The molecular weight excluding hydrogens is 297 g/mol. The lowest BCUT2D eigenvalue weighted by Crippen LogP contribution is -2.28. The van der Waals surface area contributed by atoms with E-state index in [1.807, 2.05) is 35.2 Å².